The van der Waals surface area contributed by atoms with Crippen molar-refractivity contribution in [3.63, 3.8) is 0 Å². The van der Waals surface area contributed by atoms with Gasteiger partial charge in [-0.25, -0.2) is 9.18 Å². The van der Waals surface area contributed by atoms with Gasteiger partial charge in [-0.05, 0) is 24.3 Å². The van der Waals surface area contributed by atoms with Crippen LogP contribution < -0.4 is 14.8 Å². The Morgan fingerprint density at radius 2 is 2.04 bits per heavy atom. The van der Waals surface area contributed by atoms with Crippen LogP contribution in [0.1, 0.15) is 5.56 Å². The van der Waals surface area contributed by atoms with Crippen molar-refractivity contribution in [2.24, 2.45) is 0 Å². The Kier molecular flexibility index (Phi) is 5.28. The summed E-state index contributed by atoms with van der Waals surface area (Å²) in [5.41, 5.74) is 0.285. The first kappa shape index (κ1) is 17.4. The van der Waals surface area contributed by atoms with Crippen molar-refractivity contribution >= 4 is 17.6 Å². The zero-order chi connectivity index (χ0) is 17.8. The highest BCUT2D eigenvalue weighted by molar-refractivity contribution is 6.31. The molecule has 5 nitrogen and oxygen atoms in total. The van der Waals surface area contributed by atoms with E-state index in [-0.39, 0.29) is 30.8 Å². The molecule has 0 aromatic heterocycles. The summed E-state index contributed by atoms with van der Waals surface area (Å²) in [6.07, 6.45) is -0.288. The fourth-order valence-electron chi connectivity index (χ4n) is 2.49. The molecule has 1 aliphatic rings. The highest BCUT2D eigenvalue weighted by atomic mass is 35.5. The fourth-order valence-corrected chi connectivity index (χ4v) is 2.71. The SMILES string of the molecule is CN(Cc1c(F)cccc1Cl)C(=O)NCC1COc2ccccc2O1. The van der Waals surface area contributed by atoms with Gasteiger partial charge in [0.2, 0.25) is 0 Å². The number of hydrogen-bond donors (Lipinski definition) is 1. The van der Waals surface area contributed by atoms with Gasteiger partial charge < -0.3 is 19.7 Å². The molecular weight excluding hydrogens is 347 g/mol. The molecule has 0 bridgehead atoms. The molecule has 0 radical (unpaired) electrons. The van der Waals surface area contributed by atoms with Crippen molar-refractivity contribution in [1.82, 2.24) is 10.2 Å². The van der Waals surface area contributed by atoms with Crippen LogP contribution in [-0.4, -0.2) is 37.2 Å². The molecule has 25 heavy (non-hydrogen) atoms. The Hall–Kier alpha value is -2.47. The Morgan fingerprint density at radius 1 is 1.28 bits per heavy atom. The predicted octanol–water partition coefficient (Wildman–Crippen LogP) is 3.46. The monoisotopic (exact) mass is 364 g/mol. The number of nitrogens with one attached hydrogen (secondary N) is 1. The molecule has 0 aliphatic carbocycles. The van der Waals surface area contributed by atoms with E-state index in [1.54, 1.807) is 13.1 Å². The molecule has 1 heterocycles. The van der Waals surface area contributed by atoms with Crippen LogP contribution >= 0.6 is 11.6 Å². The fraction of sp³-hybridized carbons (Fsp3) is 0.278. The topological polar surface area (TPSA) is 50.8 Å². The maximum Gasteiger partial charge on any atom is 0.317 e. The molecule has 132 valence electrons. The molecule has 0 spiro atoms. The van der Waals surface area contributed by atoms with Crippen molar-refractivity contribution < 1.29 is 18.7 Å². The quantitative estimate of drug-likeness (QED) is 0.903. The zero-order valence-electron chi connectivity index (χ0n) is 13.7. The molecule has 7 heteroatoms. The predicted molar refractivity (Wildman–Crippen MR) is 92.6 cm³/mol. The van der Waals surface area contributed by atoms with Crippen LogP contribution in [-0.2, 0) is 6.54 Å². The highest BCUT2D eigenvalue weighted by Gasteiger charge is 2.22. The van der Waals surface area contributed by atoms with Gasteiger partial charge >= 0.3 is 6.03 Å². The average Bonchev–Trinajstić information content (AvgIpc) is 2.62. The van der Waals surface area contributed by atoms with Crippen LogP contribution in [0.15, 0.2) is 42.5 Å². The summed E-state index contributed by atoms with van der Waals surface area (Å²) in [4.78, 5) is 13.6. The summed E-state index contributed by atoms with van der Waals surface area (Å²) in [6.45, 7) is 0.699. The molecule has 1 atom stereocenters. The Labute approximate surface area is 150 Å². The summed E-state index contributed by atoms with van der Waals surface area (Å²) in [6, 6.07) is 11.5. The largest absolute Gasteiger partial charge is 0.486 e. The van der Waals surface area contributed by atoms with Gasteiger partial charge in [-0.2, -0.15) is 0 Å². The lowest BCUT2D eigenvalue weighted by Crippen LogP contribution is -2.45. The van der Waals surface area contributed by atoms with Crippen LogP contribution in [0.2, 0.25) is 5.02 Å². The van der Waals surface area contributed by atoms with Gasteiger partial charge in [0.1, 0.15) is 12.4 Å². The number of carbonyl (C=O) groups is 1. The van der Waals surface area contributed by atoms with Gasteiger partial charge in [-0.3, -0.25) is 0 Å². The normalized spacial score (nSPS) is 15.6. The van der Waals surface area contributed by atoms with Crippen LogP contribution in [0.4, 0.5) is 9.18 Å². The van der Waals surface area contributed by atoms with E-state index < -0.39 is 5.82 Å². The first-order valence-electron chi connectivity index (χ1n) is 7.85. The number of ether oxygens (including phenoxy) is 2. The standard InChI is InChI=1S/C18H18ClFN2O3/c1-22(10-13-14(19)5-4-6-15(13)20)18(23)21-9-12-11-24-16-7-2-3-8-17(16)25-12/h2-8,12H,9-11H2,1H3,(H,21,23). The number of fused-ring (bicyclic) bond motifs is 1. The molecule has 0 saturated carbocycles. The minimum Gasteiger partial charge on any atom is -0.486 e. The van der Waals surface area contributed by atoms with E-state index in [1.165, 1.54) is 17.0 Å². The summed E-state index contributed by atoms with van der Waals surface area (Å²) < 4.78 is 25.2. The molecule has 2 aromatic rings. The van der Waals surface area contributed by atoms with E-state index in [1.807, 2.05) is 24.3 Å². The number of para-hydroxylation sites is 2. The van der Waals surface area contributed by atoms with Gasteiger partial charge in [0.15, 0.2) is 17.6 Å². The van der Waals surface area contributed by atoms with E-state index in [9.17, 15) is 9.18 Å². The molecule has 0 fully saturated rings. The number of carbonyl (C=O) groups excluding carboxylic acids is 1. The third-order valence-corrected chi connectivity index (χ3v) is 4.21. The number of rotatable bonds is 4. The van der Waals surface area contributed by atoms with E-state index in [4.69, 9.17) is 21.1 Å². The number of amides is 2. The third-order valence-electron chi connectivity index (χ3n) is 3.85. The average molecular weight is 365 g/mol. The summed E-state index contributed by atoms with van der Waals surface area (Å²) in [5, 5.41) is 3.05. The number of benzene rings is 2. The van der Waals surface area contributed by atoms with Crippen molar-refractivity contribution in [3.8, 4) is 11.5 Å². The van der Waals surface area contributed by atoms with Crippen molar-refractivity contribution in [2.45, 2.75) is 12.6 Å². The van der Waals surface area contributed by atoms with Crippen LogP contribution in [0.5, 0.6) is 11.5 Å². The van der Waals surface area contributed by atoms with Gasteiger partial charge in [0, 0.05) is 17.6 Å². The maximum absolute atomic E-state index is 13.8. The number of nitrogens with zero attached hydrogens (tertiary/aromatic N) is 1. The molecule has 1 unspecified atom stereocenters. The van der Waals surface area contributed by atoms with Crippen LogP contribution in [0.3, 0.4) is 0 Å². The highest BCUT2D eigenvalue weighted by Crippen LogP contribution is 2.30. The van der Waals surface area contributed by atoms with Gasteiger partial charge in [0.05, 0.1) is 13.1 Å². The van der Waals surface area contributed by atoms with Crippen LogP contribution in [0, 0.1) is 5.82 Å². The first-order chi connectivity index (χ1) is 12.0. The molecule has 2 amide bonds. The van der Waals surface area contributed by atoms with Crippen molar-refractivity contribution in [3.05, 3.63) is 58.9 Å². The van der Waals surface area contributed by atoms with Crippen molar-refractivity contribution in [1.29, 1.82) is 0 Å². The number of urea groups is 1. The van der Waals surface area contributed by atoms with Crippen LogP contribution in [0.25, 0.3) is 0 Å². The summed E-state index contributed by atoms with van der Waals surface area (Å²) >= 11 is 5.99. The van der Waals surface area contributed by atoms with E-state index in [2.05, 4.69) is 5.32 Å². The minimum absolute atomic E-state index is 0.0716. The molecule has 3 rings (SSSR count). The van der Waals surface area contributed by atoms with Gasteiger partial charge in [0.25, 0.3) is 0 Å². The summed E-state index contributed by atoms with van der Waals surface area (Å²) in [7, 11) is 1.58. The van der Waals surface area contributed by atoms with E-state index in [0.29, 0.717) is 23.1 Å². The molecule has 0 saturated heterocycles. The lowest BCUT2D eigenvalue weighted by Gasteiger charge is -2.27. The van der Waals surface area contributed by atoms with Gasteiger partial charge in [-0.1, -0.05) is 29.8 Å². The summed E-state index contributed by atoms with van der Waals surface area (Å²) in [5.74, 6) is 0.906. The second-order valence-corrected chi connectivity index (χ2v) is 6.15. The molecule has 1 N–H and O–H groups in total. The lowest BCUT2D eigenvalue weighted by atomic mass is 10.2. The van der Waals surface area contributed by atoms with Crippen molar-refractivity contribution in [2.75, 3.05) is 20.2 Å². The first-order valence-corrected chi connectivity index (χ1v) is 8.22. The Morgan fingerprint density at radius 3 is 2.80 bits per heavy atom. The lowest BCUT2D eigenvalue weighted by molar-refractivity contribution is 0.0904. The van der Waals surface area contributed by atoms with Gasteiger partial charge in [-0.15, -0.1) is 0 Å². The van der Waals surface area contributed by atoms with E-state index in [0.717, 1.165) is 0 Å². The Bertz CT molecular complexity index is 751. The second-order valence-electron chi connectivity index (χ2n) is 5.74. The maximum atomic E-state index is 13.8. The number of hydrogen-bond acceptors (Lipinski definition) is 3. The molecular formula is C18H18ClFN2O3. The minimum atomic E-state index is -0.437. The molecule has 1 aliphatic heterocycles. The van der Waals surface area contributed by atoms with E-state index >= 15 is 0 Å². The zero-order valence-corrected chi connectivity index (χ0v) is 14.4. The Balaban J connectivity index is 1.53. The molecule has 2 aromatic carbocycles. The third kappa shape index (κ3) is 4.14. The smallest absolute Gasteiger partial charge is 0.317 e. The number of halogens is 2. The second kappa shape index (κ2) is 7.61.